The Morgan fingerprint density at radius 2 is 1.85 bits per heavy atom. The number of aryl methyl sites for hydroxylation is 1. The van der Waals surface area contributed by atoms with Crippen LogP contribution in [0.1, 0.15) is 43.3 Å². The zero-order valence-electron chi connectivity index (χ0n) is 19.7. The van der Waals surface area contributed by atoms with Crippen LogP contribution in [0.2, 0.25) is 0 Å². The first-order valence-corrected chi connectivity index (χ1v) is 11.2. The van der Waals surface area contributed by atoms with Gasteiger partial charge in [0.05, 0.1) is 11.9 Å². The van der Waals surface area contributed by atoms with Gasteiger partial charge in [0, 0.05) is 36.7 Å². The number of ether oxygens (including phenoxy) is 2. The molecule has 3 aromatic rings. The van der Waals surface area contributed by atoms with Crippen LogP contribution >= 0.6 is 0 Å². The number of hydrogen-bond acceptors (Lipinski definition) is 6. The van der Waals surface area contributed by atoms with Crippen molar-refractivity contribution in [1.29, 1.82) is 0 Å². The maximum atomic E-state index is 12.5. The van der Waals surface area contributed by atoms with Gasteiger partial charge in [-0.2, -0.15) is 0 Å². The largest absolute Gasteiger partial charge is 0.485 e. The van der Waals surface area contributed by atoms with Crippen LogP contribution in [0.15, 0.2) is 48.9 Å². The van der Waals surface area contributed by atoms with Crippen LogP contribution in [0.25, 0.3) is 11.3 Å². The Morgan fingerprint density at radius 3 is 2.58 bits per heavy atom. The number of carbonyl (C=O) groups excluding carboxylic acids is 1. The fraction of sp³-hybridized carbons (Fsp3) is 0.385. The lowest BCUT2D eigenvalue weighted by atomic mass is 9.98. The van der Waals surface area contributed by atoms with Crippen LogP contribution in [0.4, 0.5) is 4.79 Å². The third kappa shape index (κ3) is 5.86. The molecule has 2 aromatic heterocycles. The molecule has 0 saturated carbocycles. The first-order chi connectivity index (χ1) is 15.8. The summed E-state index contributed by atoms with van der Waals surface area (Å²) in [6.07, 6.45) is 6.30. The lowest BCUT2D eigenvalue weighted by Crippen LogP contribution is -2.38. The van der Waals surface area contributed by atoms with Crippen molar-refractivity contribution < 1.29 is 14.3 Å². The third-order valence-electron chi connectivity index (χ3n) is 5.42. The lowest BCUT2D eigenvalue weighted by molar-refractivity contribution is 0.0258. The smallest absolute Gasteiger partial charge is 0.410 e. The molecule has 0 aliphatic carbocycles. The van der Waals surface area contributed by atoms with Gasteiger partial charge in [0.1, 0.15) is 23.7 Å². The highest BCUT2D eigenvalue weighted by atomic mass is 16.6. The van der Waals surface area contributed by atoms with E-state index in [1.165, 1.54) is 11.1 Å². The SMILES string of the molecule is Cc1ccc(OCc2cnccn2)c(-c2ccc3c(c2)CCN(C(=O)OC(C)(C)C)CC3)n1. The molecule has 0 spiro atoms. The summed E-state index contributed by atoms with van der Waals surface area (Å²) < 4.78 is 11.6. The normalized spacial score (nSPS) is 13.8. The van der Waals surface area contributed by atoms with E-state index in [1.54, 1.807) is 23.5 Å². The van der Waals surface area contributed by atoms with Crippen molar-refractivity contribution in [2.45, 2.75) is 52.7 Å². The van der Waals surface area contributed by atoms with Gasteiger partial charge in [-0.05, 0) is 69.9 Å². The average molecular weight is 447 g/mol. The van der Waals surface area contributed by atoms with Gasteiger partial charge in [-0.3, -0.25) is 9.97 Å². The van der Waals surface area contributed by atoms with Gasteiger partial charge in [0.2, 0.25) is 0 Å². The second kappa shape index (κ2) is 9.57. The maximum Gasteiger partial charge on any atom is 0.410 e. The summed E-state index contributed by atoms with van der Waals surface area (Å²) in [6, 6.07) is 10.3. The highest BCUT2D eigenvalue weighted by Crippen LogP contribution is 2.31. The second-order valence-electron chi connectivity index (χ2n) is 9.24. The Morgan fingerprint density at radius 1 is 1.06 bits per heavy atom. The number of hydrogen-bond donors (Lipinski definition) is 0. The number of pyridine rings is 1. The molecule has 1 aromatic carbocycles. The molecule has 7 heteroatoms. The Hall–Kier alpha value is -3.48. The Kier molecular flexibility index (Phi) is 6.58. The molecule has 0 saturated heterocycles. The van der Waals surface area contributed by atoms with Crippen molar-refractivity contribution in [3.63, 3.8) is 0 Å². The molecule has 4 rings (SSSR count). The molecule has 0 fully saturated rings. The fourth-order valence-electron chi connectivity index (χ4n) is 3.80. The zero-order valence-corrected chi connectivity index (χ0v) is 19.7. The van der Waals surface area contributed by atoms with E-state index in [4.69, 9.17) is 14.5 Å². The van der Waals surface area contributed by atoms with Crippen LogP contribution in [-0.2, 0) is 24.2 Å². The fourth-order valence-corrected chi connectivity index (χ4v) is 3.80. The van der Waals surface area contributed by atoms with Crippen molar-refractivity contribution in [1.82, 2.24) is 19.9 Å². The third-order valence-corrected chi connectivity index (χ3v) is 5.42. The number of fused-ring (bicyclic) bond motifs is 1. The van der Waals surface area contributed by atoms with E-state index in [0.29, 0.717) is 25.4 Å². The van der Waals surface area contributed by atoms with Gasteiger partial charge in [-0.25, -0.2) is 9.78 Å². The van der Waals surface area contributed by atoms with Crippen molar-refractivity contribution in [2.75, 3.05) is 13.1 Å². The van der Waals surface area contributed by atoms with Gasteiger partial charge in [-0.1, -0.05) is 12.1 Å². The molecule has 0 bridgehead atoms. The number of carbonyl (C=O) groups is 1. The van der Waals surface area contributed by atoms with E-state index >= 15 is 0 Å². The lowest BCUT2D eigenvalue weighted by Gasteiger charge is -2.26. The van der Waals surface area contributed by atoms with Crippen molar-refractivity contribution in [3.8, 4) is 17.0 Å². The van der Waals surface area contributed by atoms with Gasteiger partial charge in [-0.15, -0.1) is 0 Å². The average Bonchev–Trinajstić information content (AvgIpc) is 3.00. The number of amides is 1. The predicted octanol–water partition coefficient (Wildman–Crippen LogP) is 4.76. The molecule has 0 atom stereocenters. The minimum atomic E-state index is -0.498. The predicted molar refractivity (Wildman–Crippen MR) is 126 cm³/mol. The van der Waals surface area contributed by atoms with E-state index in [0.717, 1.165) is 35.5 Å². The topological polar surface area (TPSA) is 77.4 Å². The van der Waals surface area contributed by atoms with E-state index in [2.05, 4.69) is 28.2 Å². The van der Waals surface area contributed by atoms with Crippen LogP contribution in [0.5, 0.6) is 5.75 Å². The molecule has 1 aliphatic heterocycles. The Labute approximate surface area is 194 Å². The molecular formula is C26H30N4O3. The molecule has 0 N–H and O–H groups in total. The number of aromatic nitrogens is 3. The van der Waals surface area contributed by atoms with E-state index in [9.17, 15) is 4.79 Å². The molecule has 33 heavy (non-hydrogen) atoms. The summed E-state index contributed by atoms with van der Waals surface area (Å²) in [5.41, 5.74) is 5.45. The van der Waals surface area contributed by atoms with Gasteiger partial charge >= 0.3 is 6.09 Å². The summed E-state index contributed by atoms with van der Waals surface area (Å²) >= 11 is 0. The van der Waals surface area contributed by atoms with Crippen LogP contribution in [-0.4, -0.2) is 44.6 Å². The van der Waals surface area contributed by atoms with Crippen molar-refractivity contribution in [3.05, 3.63) is 71.4 Å². The molecule has 3 heterocycles. The van der Waals surface area contributed by atoms with Crippen LogP contribution < -0.4 is 4.74 Å². The quantitative estimate of drug-likeness (QED) is 0.575. The number of benzene rings is 1. The minimum Gasteiger partial charge on any atom is -0.485 e. The summed E-state index contributed by atoms with van der Waals surface area (Å²) in [5, 5.41) is 0. The van der Waals surface area contributed by atoms with Crippen LogP contribution in [0, 0.1) is 6.92 Å². The molecule has 7 nitrogen and oxygen atoms in total. The van der Waals surface area contributed by atoms with Crippen molar-refractivity contribution >= 4 is 6.09 Å². The van der Waals surface area contributed by atoms with Gasteiger partial charge < -0.3 is 14.4 Å². The van der Waals surface area contributed by atoms with Crippen LogP contribution in [0.3, 0.4) is 0 Å². The van der Waals surface area contributed by atoms with Gasteiger partial charge in [0.25, 0.3) is 0 Å². The molecular weight excluding hydrogens is 416 g/mol. The first-order valence-electron chi connectivity index (χ1n) is 11.2. The Balaban J connectivity index is 1.54. The highest BCUT2D eigenvalue weighted by molar-refractivity contribution is 5.69. The zero-order chi connectivity index (χ0) is 23.4. The highest BCUT2D eigenvalue weighted by Gasteiger charge is 2.24. The molecule has 1 amide bonds. The minimum absolute atomic E-state index is 0.254. The van der Waals surface area contributed by atoms with E-state index < -0.39 is 5.60 Å². The maximum absolute atomic E-state index is 12.5. The number of nitrogens with zero attached hydrogens (tertiary/aromatic N) is 4. The number of rotatable bonds is 4. The summed E-state index contributed by atoms with van der Waals surface area (Å²) in [4.78, 5) is 27.5. The van der Waals surface area contributed by atoms with Crippen molar-refractivity contribution in [2.24, 2.45) is 0 Å². The second-order valence-corrected chi connectivity index (χ2v) is 9.24. The standard InChI is InChI=1S/C26H30N4O3/c1-18-5-8-23(32-17-22-16-27-11-12-28-22)24(29-18)21-7-6-19-9-13-30(14-10-20(19)15-21)25(31)33-26(2,3)4/h5-8,11-12,15-16H,9-10,13-14,17H2,1-4H3. The molecule has 172 valence electrons. The van der Waals surface area contributed by atoms with E-state index in [1.807, 2.05) is 39.8 Å². The first kappa shape index (κ1) is 22.7. The molecule has 1 aliphatic rings. The summed E-state index contributed by atoms with van der Waals surface area (Å²) in [6.45, 7) is 9.24. The van der Waals surface area contributed by atoms with Gasteiger partial charge in [0.15, 0.2) is 0 Å². The van der Waals surface area contributed by atoms with E-state index in [-0.39, 0.29) is 6.09 Å². The molecule has 0 unspecified atom stereocenters. The summed E-state index contributed by atoms with van der Waals surface area (Å²) in [7, 11) is 0. The Bertz CT molecular complexity index is 1130. The monoisotopic (exact) mass is 446 g/mol. The molecule has 0 radical (unpaired) electrons. The summed E-state index contributed by atoms with van der Waals surface area (Å²) in [5.74, 6) is 0.704.